The molecule has 0 atom stereocenters. The first-order chi connectivity index (χ1) is 45.2. The Labute approximate surface area is 526 Å². The van der Waals surface area contributed by atoms with E-state index in [0.717, 1.165) is 117 Å². The van der Waals surface area contributed by atoms with Gasteiger partial charge in [-0.2, -0.15) is 0 Å². The van der Waals surface area contributed by atoms with Gasteiger partial charge < -0.3 is 23.4 Å². The van der Waals surface area contributed by atoms with Crippen molar-refractivity contribution < 1.29 is 4.42 Å². The Hall–Kier alpha value is -11.9. The molecule has 0 saturated carbocycles. The lowest BCUT2D eigenvalue weighted by Crippen LogP contribution is -2.62. The van der Waals surface area contributed by atoms with E-state index in [-0.39, 0.29) is 6.71 Å². The topological polar surface area (TPSA) is 29.5 Å². The average molecular weight is 1160 g/mol. The maximum Gasteiger partial charge on any atom is 0.252 e. The van der Waals surface area contributed by atoms with E-state index in [2.05, 4.69) is 340 Å². The van der Waals surface area contributed by atoms with Gasteiger partial charge in [-0.25, -0.2) is 0 Å². The van der Waals surface area contributed by atoms with Crippen LogP contribution in [0.3, 0.4) is 0 Å². The number of aromatic nitrogens is 2. The van der Waals surface area contributed by atoms with E-state index < -0.39 is 0 Å². The van der Waals surface area contributed by atoms with Crippen LogP contribution in [0.4, 0.5) is 28.4 Å². The van der Waals surface area contributed by atoms with Gasteiger partial charge in [0.25, 0.3) is 6.71 Å². The van der Waals surface area contributed by atoms with Gasteiger partial charge in [0, 0.05) is 73.3 Å². The number of hydrogen-bond acceptors (Lipinski definition) is 3. The summed E-state index contributed by atoms with van der Waals surface area (Å²) >= 11 is 0. The molecule has 3 aromatic heterocycles. The summed E-state index contributed by atoms with van der Waals surface area (Å²) in [5.74, 6) is 0. The Morgan fingerprint density at radius 3 is 1.23 bits per heavy atom. The Morgan fingerprint density at radius 2 is 0.692 bits per heavy atom. The van der Waals surface area contributed by atoms with Gasteiger partial charge in [0.1, 0.15) is 11.2 Å². The lowest BCUT2D eigenvalue weighted by Gasteiger charge is -2.45. The van der Waals surface area contributed by atoms with Crippen LogP contribution in [0.5, 0.6) is 0 Å². The first-order valence-electron chi connectivity index (χ1n) is 31.5. The normalized spacial score (nSPS) is 12.6. The van der Waals surface area contributed by atoms with E-state index in [4.69, 9.17) is 4.42 Å². The third kappa shape index (κ3) is 7.79. The Kier molecular flexibility index (Phi) is 11.5. The van der Waals surface area contributed by atoms with Gasteiger partial charge in [0.15, 0.2) is 0 Å². The number of para-hydroxylation sites is 6. The molecular formula is C85H55BN4O. The van der Waals surface area contributed by atoms with Gasteiger partial charge in [-0.1, -0.05) is 267 Å². The Bertz CT molecular complexity index is 5660. The highest BCUT2D eigenvalue weighted by Gasteiger charge is 2.46. The number of nitrogens with zero attached hydrogens (tertiary/aromatic N) is 4. The van der Waals surface area contributed by atoms with Crippen LogP contribution in [0, 0.1) is 0 Å². The molecule has 0 spiro atoms. The molecule has 14 aromatic carbocycles. The molecule has 2 aliphatic rings. The number of furan rings is 1. The second-order valence-corrected chi connectivity index (χ2v) is 24.2. The first-order valence-corrected chi connectivity index (χ1v) is 31.5. The summed E-state index contributed by atoms with van der Waals surface area (Å²) in [6.45, 7) is 0.265. The zero-order valence-electron chi connectivity index (χ0n) is 49.6. The number of rotatable bonds is 9. The van der Waals surface area contributed by atoms with Crippen LogP contribution in [-0.2, 0) is 6.54 Å². The fourth-order valence-corrected chi connectivity index (χ4v) is 15.5. The van der Waals surface area contributed by atoms with Crippen molar-refractivity contribution in [2.24, 2.45) is 0 Å². The second-order valence-electron chi connectivity index (χ2n) is 24.2. The largest absolute Gasteiger partial charge is 0.456 e. The highest BCUT2D eigenvalue weighted by Crippen LogP contribution is 2.52. The van der Waals surface area contributed by atoms with Crippen LogP contribution in [0.25, 0.3) is 121 Å². The molecular weight excluding hydrogens is 1100 g/mol. The number of anilines is 5. The lowest BCUT2D eigenvalue weighted by molar-refractivity contribution is 0.669. The van der Waals surface area contributed by atoms with E-state index in [9.17, 15) is 0 Å². The maximum atomic E-state index is 7.34. The number of benzene rings is 14. The summed E-state index contributed by atoms with van der Waals surface area (Å²) in [4.78, 5) is 5.27. The molecule has 0 unspecified atom stereocenters. The van der Waals surface area contributed by atoms with E-state index in [1.165, 1.54) is 54.6 Å². The molecule has 0 radical (unpaired) electrons. The molecule has 6 heteroatoms. The molecule has 2 aliphatic heterocycles. The van der Waals surface area contributed by atoms with Gasteiger partial charge >= 0.3 is 0 Å². The molecule has 19 rings (SSSR count). The predicted molar refractivity (Wildman–Crippen MR) is 382 cm³/mol. The monoisotopic (exact) mass is 1160 g/mol. The van der Waals surface area contributed by atoms with Crippen molar-refractivity contribution in [3.63, 3.8) is 0 Å². The smallest absolute Gasteiger partial charge is 0.252 e. The quantitative estimate of drug-likeness (QED) is 0.135. The van der Waals surface area contributed by atoms with Crippen LogP contribution in [0.1, 0.15) is 5.56 Å². The number of fused-ring (bicyclic) bond motifs is 14. The van der Waals surface area contributed by atoms with E-state index in [1.807, 2.05) is 0 Å². The van der Waals surface area contributed by atoms with Crippen molar-refractivity contribution in [1.82, 2.24) is 9.13 Å². The average Bonchev–Trinajstić information content (AvgIpc) is 1.59. The van der Waals surface area contributed by atoms with Gasteiger partial charge in [-0.3, -0.25) is 0 Å². The summed E-state index contributed by atoms with van der Waals surface area (Å²) in [7, 11) is 0. The van der Waals surface area contributed by atoms with E-state index >= 15 is 0 Å². The standard InChI is InChI=1S/C85H55BN4O/c1-5-27-55(28-6-1)60-36-14-13-35-59(60)54-87-78-51-76(88-72-44-22-16-38-62(72)63-39-17-23-45-73(63)88)67(57-31-9-3-10-32-57)49-69(78)86-70-50-68(58-33-11-4-12-34-58)77(89-74-46-24-18-40-64(74)65-41-19-25-47-75(65)89)52-79(70)90(71-43-21-15-37-61(71)56-29-7-2-8-30-56)80-53-82-83(85(87)84(80)86)66-42-20-26-48-81(66)91-82/h1-53H,54H2. The minimum atomic E-state index is -0.293. The first kappa shape index (κ1) is 51.2. The zero-order chi connectivity index (χ0) is 59.7. The molecule has 0 aliphatic carbocycles. The van der Waals surface area contributed by atoms with E-state index in [0.29, 0.717) is 6.54 Å². The van der Waals surface area contributed by atoms with Crippen molar-refractivity contribution in [2.75, 3.05) is 9.80 Å². The summed E-state index contributed by atoms with van der Waals surface area (Å²) in [5, 5.41) is 7.04. The van der Waals surface area contributed by atoms with Crippen molar-refractivity contribution in [3.05, 3.63) is 327 Å². The molecule has 91 heavy (non-hydrogen) atoms. The molecule has 5 heterocycles. The molecule has 0 saturated heterocycles. The fourth-order valence-electron chi connectivity index (χ4n) is 15.5. The Morgan fingerprint density at radius 1 is 0.286 bits per heavy atom. The minimum absolute atomic E-state index is 0.293. The highest BCUT2D eigenvalue weighted by molar-refractivity contribution is 7.00. The molecule has 0 fully saturated rings. The van der Waals surface area contributed by atoms with E-state index in [1.54, 1.807) is 0 Å². The van der Waals surface area contributed by atoms with Crippen LogP contribution in [0.2, 0.25) is 0 Å². The molecule has 0 amide bonds. The third-order valence-electron chi connectivity index (χ3n) is 19.4. The van der Waals surface area contributed by atoms with Crippen molar-refractivity contribution in [3.8, 4) is 55.9 Å². The molecule has 424 valence electrons. The molecule has 0 N–H and O–H groups in total. The maximum absolute atomic E-state index is 7.34. The fraction of sp³-hybridized carbons (Fsp3) is 0.0118. The van der Waals surface area contributed by atoms with Crippen LogP contribution in [0.15, 0.2) is 326 Å². The van der Waals surface area contributed by atoms with Gasteiger partial charge in [-0.15, -0.1) is 0 Å². The lowest BCUT2D eigenvalue weighted by atomic mass is 9.33. The molecule has 0 bridgehead atoms. The zero-order valence-corrected chi connectivity index (χ0v) is 49.6. The van der Waals surface area contributed by atoms with Crippen LogP contribution >= 0.6 is 0 Å². The Balaban J connectivity index is 1.01. The van der Waals surface area contributed by atoms with Gasteiger partial charge in [0.2, 0.25) is 0 Å². The summed E-state index contributed by atoms with van der Waals surface area (Å²) in [6.07, 6.45) is 0. The van der Waals surface area contributed by atoms with Crippen LogP contribution < -0.4 is 26.2 Å². The third-order valence-corrected chi connectivity index (χ3v) is 19.4. The second kappa shape index (κ2) is 20.4. The van der Waals surface area contributed by atoms with Crippen molar-refractivity contribution >= 4 is 117 Å². The molecule has 17 aromatic rings. The predicted octanol–water partition coefficient (Wildman–Crippen LogP) is 20.4. The summed E-state index contributed by atoms with van der Waals surface area (Å²) in [6, 6.07) is 119. The van der Waals surface area contributed by atoms with Gasteiger partial charge in [-0.05, 0) is 98.3 Å². The number of hydrogen-bond donors (Lipinski definition) is 0. The van der Waals surface area contributed by atoms with Crippen molar-refractivity contribution in [1.29, 1.82) is 0 Å². The SMILES string of the molecule is c1ccc(-c2ccccc2CN2c3cc(-n4c5ccccc5c5ccccc54)c(-c4ccccc4)cc3B3c4cc(-c5ccccc5)c(-n5c6ccccc6c6ccccc65)cc4N(c4ccccc4-c4ccccc4)c4cc5oc6ccccc6c5c2c43)cc1. The summed E-state index contributed by atoms with van der Waals surface area (Å²) in [5.41, 5.74) is 28.1. The van der Waals surface area contributed by atoms with Crippen molar-refractivity contribution in [2.45, 2.75) is 6.54 Å². The minimum Gasteiger partial charge on any atom is -0.456 e. The highest BCUT2D eigenvalue weighted by atomic mass is 16.3. The molecule has 5 nitrogen and oxygen atoms in total. The van der Waals surface area contributed by atoms with Gasteiger partial charge in [0.05, 0.1) is 50.2 Å². The summed E-state index contributed by atoms with van der Waals surface area (Å²) < 4.78 is 12.4. The van der Waals surface area contributed by atoms with Crippen LogP contribution in [-0.4, -0.2) is 15.8 Å².